The summed E-state index contributed by atoms with van der Waals surface area (Å²) in [6, 6.07) is 14.3. The molecule has 0 fully saturated rings. The van der Waals surface area contributed by atoms with E-state index >= 15 is 0 Å². The predicted molar refractivity (Wildman–Crippen MR) is 375 cm³/mol. The van der Waals surface area contributed by atoms with Gasteiger partial charge in [0.25, 0.3) is 23.6 Å². The molecule has 16 rings (SSSR count). The Balaban J connectivity index is 0.000000120. The molecule has 520 valence electrons. The van der Waals surface area contributed by atoms with E-state index in [4.69, 9.17) is 44.3 Å². The van der Waals surface area contributed by atoms with Crippen LogP contribution in [-0.4, -0.2) is 129 Å². The molecule has 0 saturated heterocycles. The molecular weight excluding hydrogens is 1340 g/mol. The lowest BCUT2D eigenvalue weighted by Crippen LogP contribution is -2.43. The Labute approximate surface area is 592 Å². The number of aromatic nitrogens is 8. The number of aldehydes is 1. The first-order valence-electron chi connectivity index (χ1n) is 34.1. The maximum absolute atomic E-state index is 13.2. The Hall–Kier alpha value is -8.98. The zero-order chi connectivity index (χ0) is 70.0. The van der Waals surface area contributed by atoms with E-state index in [0.717, 1.165) is 89.5 Å². The van der Waals surface area contributed by atoms with E-state index < -0.39 is 19.1 Å². The lowest BCUT2D eigenvalue weighted by molar-refractivity contribution is -0.143. The average Bonchev–Trinajstić information content (AvgIpc) is 1.56. The Morgan fingerprint density at radius 3 is 1.12 bits per heavy atom. The fourth-order valence-corrected chi connectivity index (χ4v) is 15.8. The molecule has 12 heterocycles. The van der Waals surface area contributed by atoms with Gasteiger partial charge in [0.15, 0.2) is 6.29 Å². The van der Waals surface area contributed by atoms with Gasteiger partial charge in [0, 0.05) is 125 Å². The van der Waals surface area contributed by atoms with Crippen molar-refractivity contribution in [2.45, 2.75) is 163 Å². The molecule has 0 bridgehead atoms. The molecule has 0 aromatic carbocycles. The fourth-order valence-electron chi connectivity index (χ4n) is 15.2. The number of amides is 4. The second kappa shape index (κ2) is 30.1. The topological polar surface area (TPSA) is 283 Å². The van der Waals surface area contributed by atoms with Crippen LogP contribution in [0.5, 0.6) is 0 Å². The van der Waals surface area contributed by atoms with Crippen LogP contribution in [0.2, 0.25) is 15.1 Å². The van der Waals surface area contributed by atoms with Gasteiger partial charge in [0.05, 0.1) is 32.8 Å². The third kappa shape index (κ3) is 13.6. The van der Waals surface area contributed by atoms with Crippen molar-refractivity contribution in [1.82, 2.24) is 38.2 Å². The molecule has 3 N–H and O–H groups in total. The van der Waals surface area contributed by atoms with Crippen LogP contribution in [0.1, 0.15) is 179 Å². The van der Waals surface area contributed by atoms with Crippen molar-refractivity contribution in [2.75, 3.05) is 45.8 Å². The van der Waals surface area contributed by atoms with E-state index in [1.807, 2.05) is 24.3 Å². The maximum Gasteiger partial charge on any atom is 0.489 e. The number of esters is 2. The normalized spacial score (nSPS) is 16.5. The molecule has 28 heteroatoms. The fraction of sp³-hybridized carbons (Fsp3) is 0.403. The van der Waals surface area contributed by atoms with Gasteiger partial charge in [-0.25, -0.2) is 19.9 Å². The summed E-state index contributed by atoms with van der Waals surface area (Å²) in [6.07, 6.45) is 24.4. The minimum Gasteiger partial charge on any atom is -0.461 e. The number of aliphatic hydroxyl groups is 1. The lowest BCUT2D eigenvalue weighted by Gasteiger charge is -2.30. The van der Waals surface area contributed by atoms with Crippen LogP contribution in [0.3, 0.4) is 0 Å². The predicted octanol–water partition coefficient (Wildman–Crippen LogP) is 8.76. The van der Waals surface area contributed by atoms with Crippen molar-refractivity contribution < 1.29 is 58.2 Å². The van der Waals surface area contributed by atoms with Crippen molar-refractivity contribution in [1.29, 1.82) is 0 Å². The number of halogens is 3. The van der Waals surface area contributed by atoms with Gasteiger partial charge in [-0.2, -0.15) is 0 Å². The summed E-state index contributed by atoms with van der Waals surface area (Å²) in [4.78, 5) is 110. The molecular formula is C72H76BCl3N12O12. The number of hydrogen-bond donors (Lipinski definition) is 3. The summed E-state index contributed by atoms with van der Waals surface area (Å²) in [5.41, 5.74) is 14.9. The van der Waals surface area contributed by atoms with Crippen molar-refractivity contribution in [3.05, 3.63) is 178 Å². The van der Waals surface area contributed by atoms with Gasteiger partial charge >= 0.3 is 19.1 Å². The van der Waals surface area contributed by atoms with Crippen LogP contribution in [0, 0.1) is 0 Å². The number of anilines is 4. The molecule has 8 aromatic heterocycles. The minimum atomic E-state index is -1.76. The molecule has 0 saturated carbocycles. The second-order valence-electron chi connectivity index (χ2n) is 25.9. The largest absolute Gasteiger partial charge is 0.489 e. The van der Waals surface area contributed by atoms with E-state index in [0.29, 0.717) is 111 Å². The third-order valence-corrected chi connectivity index (χ3v) is 21.1. The highest BCUT2D eigenvalue weighted by Gasteiger charge is 2.38. The molecule has 0 radical (unpaired) electrons. The smallest absolute Gasteiger partial charge is 0.461 e. The highest BCUT2D eigenvalue weighted by atomic mass is 35.5. The molecule has 24 nitrogen and oxygen atoms in total. The van der Waals surface area contributed by atoms with Crippen molar-refractivity contribution in [3.8, 4) is 0 Å². The molecule has 0 atom stereocenters. The van der Waals surface area contributed by atoms with Gasteiger partial charge in [-0.3, -0.25) is 53.2 Å². The second-order valence-corrected chi connectivity index (χ2v) is 27.1. The van der Waals surface area contributed by atoms with Crippen LogP contribution in [-0.2, 0) is 116 Å². The van der Waals surface area contributed by atoms with E-state index in [-0.39, 0.29) is 54.5 Å². The highest BCUT2D eigenvalue weighted by molar-refractivity contribution is 6.59. The van der Waals surface area contributed by atoms with Crippen LogP contribution < -0.4 is 25.1 Å². The first-order valence-corrected chi connectivity index (χ1v) is 35.3. The summed E-state index contributed by atoms with van der Waals surface area (Å²) in [6.45, 7) is 7.05. The van der Waals surface area contributed by atoms with Crippen LogP contribution >= 0.6 is 34.8 Å². The van der Waals surface area contributed by atoms with Gasteiger partial charge in [-0.1, -0.05) is 34.8 Å². The number of aliphatic hydroxyl groups excluding tert-OH is 1. The minimum absolute atomic E-state index is 0.00136. The summed E-state index contributed by atoms with van der Waals surface area (Å²) < 4.78 is 18.7. The molecule has 4 aliphatic carbocycles. The van der Waals surface area contributed by atoms with Crippen molar-refractivity contribution >= 4 is 113 Å². The summed E-state index contributed by atoms with van der Waals surface area (Å²) >= 11 is 18.5. The van der Waals surface area contributed by atoms with Crippen LogP contribution in [0.15, 0.2) is 73.3 Å². The molecule has 8 aromatic rings. The van der Waals surface area contributed by atoms with Gasteiger partial charge < -0.3 is 42.9 Å². The number of nitrogens with zero attached hydrogens (tertiary/aromatic N) is 12. The number of pyridine rings is 4. The van der Waals surface area contributed by atoms with E-state index in [9.17, 15) is 48.7 Å². The standard InChI is InChI=1S/C19H22BN3O5.C19H20ClN3O3.C17H18ClN3O2.C17H16ClN3O2/c1-12(24)28-11-14-15(20(26)27)6-7-21-18(14)23-9-8-22-16-5-3-2-4-13(16)10-17(22)19(23)25;1-12(24)26-11-14-15(20)6-7-21-18(14)23-9-8-22-16-5-3-2-4-13(16)10-17(22)19(23)25;2*18-13-5-6-19-16(12(13)10-22)21-8-7-20-14-4-2-1-3-11(14)9-15(20)17(21)23/h6-7,10,26-27H,2-5,8-9,11H2,1H3;6-7,10H,2-5,8-9,11H2,1H3;5-6,9,22H,1-4,7-8,10H2;5-6,9-10H,1-4,7-8H2. The van der Waals surface area contributed by atoms with Crippen molar-refractivity contribution in [2.24, 2.45) is 0 Å². The molecule has 4 aliphatic heterocycles. The number of rotatable bonds is 11. The first-order chi connectivity index (χ1) is 48.4. The van der Waals surface area contributed by atoms with E-state index in [2.05, 4.69) is 38.2 Å². The summed E-state index contributed by atoms with van der Waals surface area (Å²) in [7, 11) is -1.76. The van der Waals surface area contributed by atoms with Gasteiger partial charge in [-0.05, 0) is 179 Å². The average molecular weight is 1420 g/mol. The highest BCUT2D eigenvalue weighted by Crippen LogP contribution is 2.37. The molecule has 100 heavy (non-hydrogen) atoms. The Morgan fingerprint density at radius 2 is 0.760 bits per heavy atom. The van der Waals surface area contributed by atoms with E-state index in [1.54, 1.807) is 45.3 Å². The summed E-state index contributed by atoms with van der Waals surface area (Å²) in [5.74, 6) is 0.252. The Morgan fingerprint density at radius 1 is 0.450 bits per heavy atom. The number of carbonyl (C=O) groups excluding carboxylic acids is 7. The quantitative estimate of drug-likeness (QED) is 0.0620. The number of ether oxygens (including phenoxy) is 2. The number of aryl methyl sites for hydroxylation is 4. The lowest BCUT2D eigenvalue weighted by atomic mass is 9.77. The number of hydrogen-bond acceptors (Lipinski definition) is 16. The zero-order valence-corrected chi connectivity index (χ0v) is 58.0. The van der Waals surface area contributed by atoms with Crippen molar-refractivity contribution in [3.63, 3.8) is 0 Å². The van der Waals surface area contributed by atoms with Gasteiger partial charge in [0.2, 0.25) is 0 Å². The monoisotopic (exact) mass is 1420 g/mol. The molecule has 4 amide bonds. The zero-order valence-electron chi connectivity index (χ0n) is 55.7. The molecule has 8 aliphatic rings. The van der Waals surface area contributed by atoms with Crippen LogP contribution in [0.25, 0.3) is 0 Å². The first kappa shape index (κ1) is 69.5. The van der Waals surface area contributed by atoms with Gasteiger partial charge in [0.1, 0.15) is 59.3 Å². The number of carbonyl (C=O) groups is 7. The number of fused-ring (bicyclic) bond motifs is 12. The Bertz CT molecular complexity index is 4560. The maximum atomic E-state index is 13.2. The summed E-state index contributed by atoms with van der Waals surface area (Å²) in [5, 5.41) is 30.2. The van der Waals surface area contributed by atoms with Gasteiger partial charge in [-0.15, -0.1) is 0 Å². The molecule has 0 spiro atoms. The Kier molecular flexibility index (Phi) is 20.9. The third-order valence-electron chi connectivity index (χ3n) is 20.0. The SMILES string of the molecule is CC(=O)OCc1c(B(O)O)ccnc1N1CCn2c(cc3c2CCCC3)C1=O.CC(=O)OCc1c(Cl)ccnc1N1CCn2c(cc3c2CCCC3)C1=O.O=C1c2cc3c(n2CCN1c1nccc(Cl)c1CO)CCCC3.O=Cc1c(Cl)ccnc1N1CCn2c(cc3c2CCCC3)C1=O. The van der Waals surface area contributed by atoms with Crippen LogP contribution in [0.4, 0.5) is 23.3 Å². The van der Waals surface area contributed by atoms with E-state index in [1.165, 1.54) is 121 Å². The molecule has 0 unspecified atom stereocenters.